The maximum absolute atomic E-state index is 12.6. The molecule has 0 aliphatic rings. The van der Waals surface area contributed by atoms with Crippen LogP contribution in [-0.4, -0.2) is 29.9 Å². The van der Waals surface area contributed by atoms with Crippen molar-refractivity contribution >= 4 is 58.3 Å². The van der Waals surface area contributed by atoms with Crippen molar-refractivity contribution < 1.29 is 19.1 Å². The summed E-state index contributed by atoms with van der Waals surface area (Å²) in [6, 6.07) is 10.1. The Morgan fingerprint density at radius 1 is 0.933 bits per heavy atom. The van der Waals surface area contributed by atoms with E-state index in [4.69, 9.17) is 39.5 Å². The van der Waals surface area contributed by atoms with Crippen molar-refractivity contribution in [1.29, 1.82) is 0 Å². The molecule has 2 rings (SSSR count). The van der Waals surface area contributed by atoms with Gasteiger partial charge in [0.05, 0.1) is 21.3 Å². The highest BCUT2D eigenvalue weighted by atomic mass is 35.5. The maximum Gasteiger partial charge on any atom is 0.329 e. The van der Waals surface area contributed by atoms with Crippen LogP contribution < -0.4 is 10.6 Å². The van der Waals surface area contributed by atoms with Crippen LogP contribution in [0.4, 0.5) is 5.69 Å². The van der Waals surface area contributed by atoms with Gasteiger partial charge < -0.3 is 15.4 Å². The quantitative estimate of drug-likeness (QED) is 0.558. The Morgan fingerprint density at radius 2 is 1.60 bits per heavy atom. The number of anilines is 1. The molecule has 2 aromatic carbocycles. The third-order valence-corrected chi connectivity index (χ3v) is 5.07. The highest BCUT2D eigenvalue weighted by molar-refractivity contribution is 6.35. The minimum atomic E-state index is -1.13. The summed E-state index contributed by atoms with van der Waals surface area (Å²) in [5, 5.41) is 6.12. The lowest BCUT2D eigenvalue weighted by Gasteiger charge is -2.23. The topological polar surface area (TPSA) is 84.5 Å². The van der Waals surface area contributed by atoms with Crippen LogP contribution in [0.25, 0.3) is 0 Å². The molecule has 0 heterocycles. The molecule has 160 valence electrons. The number of amides is 2. The molecule has 2 atom stereocenters. The normalized spacial score (nSPS) is 12.8. The second-order valence-corrected chi connectivity index (χ2v) is 8.12. The summed E-state index contributed by atoms with van der Waals surface area (Å²) in [4.78, 5) is 37.5. The highest BCUT2D eigenvalue weighted by Gasteiger charge is 2.30. The number of carbonyl (C=O) groups excluding carboxylic acids is 3. The molecule has 0 aromatic heterocycles. The second kappa shape index (κ2) is 10.7. The monoisotopic (exact) mass is 470 g/mol. The fourth-order valence-corrected chi connectivity index (χ4v) is 3.05. The number of esters is 1. The van der Waals surface area contributed by atoms with Gasteiger partial charge in [0.1, 0.15) is 6.04 Å². The van der Waals surface area contributed by atoms with Gasteiger partial charge in [0, 0.05) is 5.02 Å². The first-order valence-electron chi connectivity index (χ1n) is 9.12. The van der Waals surface area contributed by atoms with Gasteiger partial charge in [-0.25, -0.2) is 4.79 Å². The lowest BCUT2D eigenvalue weighted by atomic mass is 10.0. The third kappa shape index (κ3) is 6.36. The number of benzene rings is 2. The second-order valence-electron chi connectivity index (χ2n) is 6.87. The molecule has 0 saturated carbocycles. The van der Waals surface area contributed by atoms with E-state index in [0.29, 0.717) is 15.7 Å². The summed E-state index contributed by atoms with van der Waals surface area (Å²) in [5.41, 5.74) is 0.531. The van der Waals surface area contributed by atoms with Gasteiger partial charge in [-0.05, 0) is 43.2 Å². The number of hydrogen-bond acceptors (Lipinski definition) is 4. The molecule has 0 spiro atoms. The Hall–Kier alpha value is -2.28. The lowest BCUT2D eigenvalue weighted by Crippen LogP contribution is -2.47. The highest BCUT2D eigenvalue weighted by Crippen LogP contribution is 2.25. The van der Waals surface area contributed by atoms with Gasteiger partial charge in [-0.1, -0.05) is 60.8 Å². The summed E-state index contributed by atoms with van der Waals surface area (Å²) in [6.45, 7) is 4.91. The van der Waals surface area contributed by atoms with Crippen molar-refractivity contribution in [2.75, 3.05) is 5.32 Å². The van der Waals surface area contributed by atoms with E-state index in [0.717, 1.165) is 0 Å². The van der Waals surface area contributed by atoms with E-state index in [1.54, 1.807) is 44.2 Å². The van der Waals surface area contributed by atoms with Gasteiger partial charge in [0.25, 0.3) is 11.8 Å². The fraction of sp³-hybridized carbons (Fsp3) is 0.286. The molecule has 0 saturated heterocycles. The average molecular weight is 472 g/mol. The molecule has 30 heavy (non-hydrogen) atoms. The Kier molecular flexibility index (Phi) is 8.53. The zero-order valence-electron chi connectivity index (χ0n) is 16.5. The van der Waals surface area contributed by atoms with Gasteiger partial charge in [-0.2, -0.15) is 0 Å². The molecular formula is C21H21Cl3N2O4. The largest absolute Gasteiger partial charge is 0.451 e. The standard InChI is InChI=1S/C21H21Cl3N2O4/c1-11(2)18(26-20(28)14-6-4-5-7-15(14)23)21(29)30-12(3)19(27)25-17-10-13(22)8-9-16(17)24/h4-12,18H,1-3H3,(H,25,27)(H,26,28)/t12-,18-/m0/s1. The first-order chi connectivity index (χ1) is 14.1. The van der Waals surface area contributed by atoms with E-state index in [-0.39, 0.29) is 16.5 Å². The van der Waals surface area contributed by atoms with Crippen molar-refractivity contribution in [3.05, 3.63) is 63.1 Å². The predicted octanol–water partition coefficient (Wildman–Crippen LogP) is 4.97. The molecule has 0 aliphatic carbocycles. The summed E-state index contributed by atoms with van der Waals surface area (Å²) in [6.07, 6.45) is -1.13. The summed E-state index contributed by atoms with van der Waals surface area (Å²) in [5.74, 6) is -2.14. The number of rotatable bonds is 7. The summed E-state index contributed by atoms with van der Waals surface area (Å²) in [7, 11) is 0. The Balaban J connectivity index is 2.05. The zero-order chi connectivity index (χ0) is 22.4. The maximum atomic E-state index is 12.6. The van der Waals surface area contributed by atoms with Crippen molar-refractivity contribution in [3.63, 3.8) is 0 Å². The van der Waals surface area contributed by atoms with Crippen LogP contribution in [0.2, 0.25) is 15.1 Å². The minimum Gasteiger partial charge on any atom is -0.451 e. The van der Waals surface area contributed by atoms with Crippen LogP contribution in [0, 0.1) is 5.92 Å². The van der Waals surface area contributed by atoms with E-state index < -0.39 is 29.9 Å². The first-order valence-corrected chi connectivity index (χ1v) is 10.2. The van der Waals surface area contributed by atoms with Crippen molar-refractivity contribution in [2.24, 2.45) is 5.92 Å². The van der Waals surface area contributed by atoms with Crippen molar-refractivity contribution in [2.45, 2.75) is 32.9 Å². The number of ether oxygens (including phenoxy) is 1. The van der Waals surface area contributed by atoms with E-state index in [9.17, 15) is 14.4 Å². The Bertz CT molecular complexity index is 950. The lowest BCUT2D eigenvalue weighted by molar-refractivity contribution is -0.156. The molecule has 0 bridgehead atoms. The van der Waals surface area contributed by atoms with Crippen LogP contribution in [-0.2, 0) is 14.3 Å². The smallest absolute Gasteiger partial charge is 0.329 e. The molecule has 2 aromatic rings. The minimum absolute atomic E-state index is 0.235. The van der Waals surface area contributed by atoms with Gasteiger partial charge in [-0.3, -0.25) is 9.59 Å². The van der Waals surface area contributed by atoms with E-state index in [1.165, 1.54) is 19.1 Å². The van der Waals surface area contributed by atoms with Gasteiger partial charge in [0.2, 0.25) is 0 Å². The fourth-order valence-electron chi connectivity index (χ4n) is 2.49. The van der Waals surface area contributed by atoms with Crippen molar-refractivity contribution in [1.82, 2.24) is 5.32 Å². The first kappa shape index (κ1) is 24.0. The molecule has 2 amide bonds. The van der Waals surface area contributed by atoms with Crippen molar-refractivity contribution in [3.8, 4) is 0 Å². The molecule has 6 nitrogen and oxygen atoms in total. The van der Waals surface area contributed by atoms with Gasteiger partial charge in [0.15, 0.2) is 6.10 Å². The van der Waals surface area contributed by atoms with Gasteiger partial charge in [-0.15, -0.1) is 0 Å². The van der Waals surface area contributed by atoms with E-state index >= 15 is 0 Å². The molecule has 0 radical (unpaired) electrons. The Morgan fingerprint density at radius 3 is 2.23 bits per heavy atom. The third-order valence-electron chi connectivity index (χ3n) is 4.17. The number of halogens is 3. The molecule has 9 heteroatoms. The van der Waals surface area contributed by atoms with Crippen LogP contribution >= 0.6 is 34.8 Å². The Labute approximate surface area is 189 Å². The van der Waals surface area contributed by atoms with E-state index in [1.807, 2.05) is 0 Å². The number of nitrogens with one attached hydrogen (secondary N) is 2. The molecule has 2 N–H and O–H groups in total. The zero-order valence-corrected chi connectivity index (χ0v) is 18.8. The molecule has 0 fully saturated rings. The van der Waals surface area contributed by atoms with Crippen LogP contribution in [0.1, 0.15) is 31.1 Å². The molecular weight excluding hydrogens is 451 g/mol. The number of hydrogen-bond donors (Lipinski definition) is 2. The molecule has 0 unspecified atom stereocenters. The van der Waals surface area contributed by atoms with E-state index in [2.05, 4.69) is 10.6 Å². The summed E-state index contributed by atoms with van der Waals surface area (Å²) < 4.78 is 5.27. The molecule has 0 aliphatic heterocycles. The van der Waals surface area contributed by atoms with Gasteiger partial charge >= 0.3 is 5.97 Å². The number of carbonyl (C=O) groups is 3. The van der Waals surface area contributed by atoms with Crippen LogP contribution in [0.5, 0.6) is 0 Å². The van der Waals surface area contributed by atoms with Crippen LogP contribution in [0.15, 0.2) is 42.5 Å². The summed E-state index contributed by atoms with van der Waals surface area (Å²) >= 11 is 18.0. The SMILES string of the molecule is CC(C)[C@H](NC(=O)c1ccccc1Cl)C(=O)O[C@@H](C)C(=O)Nc1cc(Cl)ccc1Cl. The van der Waals surface area contributed by atoms with Crippen LogP contribution in [0.3, 0.4) is 0 Å². The average Bonchev–Trinajstić information content (AvgIpc) is 2.68. The predicted molar refractivity (Wildman–Crippen MR) is 118 cm³/mol.